The lowest BCUT2D eigenvalue weighted by Crippen LogP contribution is -2.35. The van der Waals surface area contributed by atoms with E-state index in [0.29, 0.717) is 11.6 Å². The first-order valence-electron chi connectivity index (χ1n) is 7.79. The molecule has 114 valence electrons. The van der Waals surface area contributed by atoms with Crippen molar-refractivity contribution in [2.45, 2.75) is 25.3 Å². The lowest BCUT2D eigenvalue weighted by molar-refractivity contribution is 0.0936. The van der Waals surface area contributed by atoms with Crippen molar-refractivity contribution in [3.05, 3.63) is 29.8 Å². The number of amides is 1. The molecule has 2 fully saturated rings. The first kappa shape index (κ1) is 14.4. The molecule has 21 heavy (non-hydrogen) atoms. The molecule has 3 atom stereocenters. The normalized spacial score (nSPS) is 29.0. The number of nitrogens with zero attached hydrogens (tertiary/aromatic N) is 1. The molecule has 1 amide bonds. The van der Waals surface area contributed by atoms with Gasteiger partial charge in [-0.3, -0.25) is 4.79 Å². The molecular formula is C17H24N2O2. The van der Waals surface area contributed by atoms with Gasteiger partial charge in [0.2, 0.25) is 0 Å². The minimum atomic E-state index is 0.0194. The monoisotopic (exact) mass is 288 g/mol. The highest BCUT2D eigenvalue weighted by molar-refractivity contribution is 5.94. The second-order valence-electron chi connectivity index (χ2n) is 6.44. The summed E-state index contributed by atoms with van der Waals surface area (Å²) in [6, 6.07) is 7.68. The lowest BCUT2D eigenvalue weighted by Gasteiger charge is -2.31. The molecule has 0 spiro atoms. The first-order valence-corrected chi connectivity index (χ1v) is 7.79. The van der Waals surface area contributed by atoms with Crippen molar-refractivity contribution in [1.29, 1.82) is 0 Å². The van der Waals surface area contributed by atoms with Crippen molar-refractivity contribution in [2.75, 3.05) is 27.2 Å². The summed E-state index contributed by atoms with van der Waals surface area (Å²) in [5.41, 5.74) is 0.682. The highest BCUT2D eigenvalue weighted by Crippen LogP contribution is 2.37. The van der Waals surface area contributed by atoms with Gasteiger partial charge in [0, 0.05) is 18.2 Å². The highest BCUT2D eigenvalue weighted by Gasteiger charge is 2.37. The summed E-state index contributed by atoms with van der Waals surface area (Å²) in [4.78, 5) is 14.8. The fourth-order valence-corrected chi connectivity index (χ4v) is 3.82. The number of benzene rings is 1. The average Bonchev–Trinajstić information content (AvgIpc) is 2.88. The Morgan fingerprint density at radius 3 is 2.95 bits per heavy atom. The molecule has 2 aliphatic rings. The number of rotatable bonds is 3. The number of likely N-dealkylation sites (tertiary alicyclic amines) is 1. The van der Waals surface area contributed by atoms with Crippen molar-refractivity contribution >= 4 is 5.91 Å². The van der Waals surface area contributed by atoms with E-state index in [1.54, 1.807) is 13.2 Å². The number of hydrogen-bond acceptors (Lipinski definition) is 3. The maximum atomic E-state index is 12.4. The molecule has 0 bridgehead atoms. The molecular weight excluding hydrogens is 264 g/mol. The molecule has 1 saturated carbocycles. The minimum absolute atomic E-state index is 0.0194. The van der Waals surface area contributed by atoms with Gasteiger partial charge < -0.3 is 15.0 Å². The van der Waals surface area contributed by atoms with E-state index in [0.717, 1.165) is 30.4 Å². The average molecular weight is 288 g/mol. The molecule has 1 N–H and O–H groups in total. The number of hydrogen-bond donors (Lipinski definition) is 1. The SMILES string of the molecule is COc1cccc(C(=O)N[C@@H]2C[C@@H]3CCN(C)C[C@@H]3C2)c1. The number of ether oxygens (including phenoxy) is 1. The highest BCUT2D eigenvalue weighted by atomic mass is 16.5. The Morgan fingerprint density at radius 2 is 2.14 bits per heavy atom. The van der Waals surface area contributed by atoms with Crippen LogP contribution >= 0.6 is 0 Å². The van der Waals surface area contributed by atoms with Gasteiger partial charge in [-0.2, -0.15) is 0 Å². The summed E-state index contributed by atoms with van der Waals surface area (Å²) in [6.45, 7) is 2.37. The number of fused-ring (bicyclic) bond motifs is 1. The topological polar surface area (TPSA) is 41.6 Å². The van der Waals surface area contributed by atoms with Gasteiger partial charge in [-0.15, -0.1) is 0 Å². The standard InChI is InChI=1S/C17H24N2O2/c1-19-7-6-12-8-15(9-14(12)11-19)18-17(20)13-4-3-5-16(10-13)21-2/h3-5,10,12,14-15H,6-9,11H2,1-2H3,(H,18,20)/t12-,14-,15+/m0/s1. The third-order valence-corrected chi connectivity index (χ3v) is 4.94. The van der Waals surface area contributed by atoms with Crippen LogP contribution in [0.15, 0.2) is 24.3 Å². The predicted molar refractivity (Wildman–Crippen MR) is 82.6 cm³/mol. The number of carbonyl (C=O) groups excluding carboxylic acids is 1. The predicted octanol–water partition coefficient (Wildman–Crippen LogP) is 2.16. The number of carbonyl (C=O) groups is 1. The summed E-state index contributed by atoms with van der Waals surface area (Å²) in [5, 5.41) is 3.20. The quantitative estimate of drug-likeness (QED) is 0.926. The van der Waals surface area contributed by atoms with Crippen LogP contribution in [0.4, 0.5) is 0 Å². The van der Waals surface area contributed by atoms with Gasteiger partial charge >= 0.3 is 0 Å². The van der Waals surface area contributed by atoms with E-state index in [1.807, 2.05) is 18.2 Å². The van der Waals surface area contributed by atoms with Gasteiger partial charge in [0.05, 0.1) is 7.11 Å². The maximum absolute atomic E-state index is 12.4. The molecule has 4 heteroatoms. The van der Waals surface area contributed by atoms with E-state index < -0.39 is 0 Å². The molecule has 3 rings (SSSR count). The summed E-state index contributed by atoms with van der Waals surface area (Å²) < 4.78 is 5.18. The molecule has 0 aromatic heterocycles. The molecule has 1 heterocycles. The molecule has 1 aromatic carbocycles. The number of nitrogens with one attached hydrogen (secondary N) is 1. The fraction of sp³-hybridized carbons (Fsp3) is 0.588. The Balaban J connectivity index is 1.60. The Kier molecular flexibility index (Phi) is 4.15. The van der Waals surface area contributed by atoms with Crippen molar-refractivity contribution in [1.82, 2.24) is 10.2 Å². The van der Waals surface area contributed by atoms with Gasteiger partial charge in [-0.05, 0) is 62.9 Å². The minimum Gasteiger partial charge on any atom is -0.497 e. The summed E-state index contributed by atoms with van der Waals surface area (Å²) in [5.74, 6) is 2.28. The molecule has 0 unspecified atom stereocenters. The zero-order valence-electron chi connectivity index (χ0n) is 12.8. The summed E-state index contributed by atoms with van der Waals surface area (Å²) in [7, 11) is 3.81. The zero-order valence-corrected chi connectivity index (χ0v) is 12.8. The van der Waals surface area contributed by atoms with Crippen LogP contribution in [0.2, 0.25) is 0 Å². The van der Waals surface area contributed by atoms with Gasteiger partial charge in [0.1, 0.15) is 5.75 Å². The number of piperidine rings is 1. The zero-order chi connectivity index (χ0) is 14.8. The van der Waals surface area contributed by atoms with Crippen LogP contribution in [0.5, 0.6) is 5.75 Å². The van der Waals surface area contributed by atoms with E-state index in [-0.39, 0.29) is 5.91 Å². The van der Waals surface area contributed by atoms with Crippen LogP contribution in [0.1, 0.15) is 29.6 Å². The molecule has 0 radical (unpaired) electrons. The van der Waals surface area contributed by atoms with Gasteiger partial charge in [-0.25, -0.2) is 0 Å². The van der Waals surface area contributed by atoms with E-state index in [1.165, 1.54) is 19.5 Å². The Hall–Kier alpha value is -1.55. The van der Waals surface area contributed by atoms with Crippen LogP contribution in [0, 0.1) is 11.8 Å². The third-order valence-electron chi connectivity index (χ3n) is 4.94. The van der Waals surface area contributed by atoms with Crippen molar-refractivity contribution < 1.29 is 9.53 Å². The van der Waals surface area contributed by atoms with Crippen LogP contribution in [-0.4, -0.2) is 44.1 Å². The van der Waals surface area contributed by atoms with Crippen LogP contribution in [0.25, 0.3) is 0 Å². The summed E-state index contributed by atoms with van der Waals surface area (Å²) in [6.07, 6.45) is 3.52. The van der Waals surface area contributed by atoms with E-state index in [2.05, 4.69) is 17.3 Å². The Labute approximate surface area is 126 Å². The smallest absolute Gasteiger partial charge is 0.251 e. The van der Waals surface area contributed by atoms with Gasteiger partial charge in [0.15, 0.2) is 0 Å². The van der Waals surface area contributed by atoms with Crippen LogP contribution in [0.3, 0.4) is 0 Å². The maximum Gasteiger partial charge on any atom is 0.251 e. The van der Waals surface area contributed by atoms with Crippen molar-refractivity contribution in [3.63, 3.8) is 0 Å². The fourth-order valence-electron chi connectivity index (χ4n) is 3.82. The largest absolute Gasteiger partial charge is 0.497 e. The Bertz CT molecular complexity index is 517. The third kappa shape index (κ3) is 3.21. The second kappa shape index (κ2) is 6.06. The molecule has 1 aliphatic carbocycles. The molecule has 4 nitrogen and oxygen atoms in total. The molecule has 1 saturated heterocycles. The second-order valence-corrected chi connectivity index (χ2v) is 6.44. The van der Waals surface area contributed by atoms with Crippen LogP contribution in [-0.2, 0) is 0 Å². The van der Waals surface area contributed by atoms with Crippen molar-refractivity contribution in [3.8, 4) is 5.75 Å². The van der Waals surface area contributed by atoms with Crippen molar-refractivity contribution in [2.24, 2.45) is 11.8 Å². The van der Waals surface area contributed by atoms with E-state index in [9.17, 15) is 4.79 Å². The summed E-state index contributed by atoms with van der Waals surface area (Å²) >= 11 is 0. The first-order chi connectivity index (χ1) is 10.2. The van der Waals surface area contributed by atoms with Gasteiger partial charge in [0.25, 0.3) is 5.91 Å². The van der Waals surface area contributed by atoms with Gasteiger partial charge in [-0.1, -0.05) is 6.07 Å². The molecule has 1 aliphatic heterocycles. The lowest BCUT2D eigenvalue weighted by atomic mass is 9.89. The molecule has 1 aromatic rings. The van der Waals surface area contributed by atoms with E-state index >= 15 is 0 Å². The number of methoxy groups -OCH3 is 1. The van der Waals surface area contributed by atoms with E-state index in [4.69, 9.17) is 4.74 Å². The van der Waals surface area contributed by atoms with Crippen LogP contribution < -0.4 is 10.1 Å². The Morgan fingerprint density at radius 1 is 1.33 bits per heavy atom.